The number of methoxy groups -OCH3 is 1. The summed E-state index contributed by atoms with van der Waals surface area (Å²) < 4.78 is 20.3. The Bertz CT molecular complexity index is 1640. The molecular formula is C26H21FN4O5S. The minimum atomic E-state index is -1.14. The van der Waals surface area contributed by atoms with Gasteiger partial charge >= 0.3 is 11.9 Å². The number of hydrogen-bond acceptors (Lipinski definition) is 8. The maximum Gasteiger partial charge on any atom is 0.350 e. The van der Waals surface area contributed by atoms with Gasteiger partial charge in [0.05, 0.1) is 30.1 Å². The highest BCUT2D eigenvalue weighted by Crippen LogP contribution is 2.44. The van der Waals surface area contributed by atoms with E-state index in [4.69, 9.17) is 4.74 Å². The van der Waals surface area contributed by atoms with Crippen molar-refractivity contribution >= 4 is 45.5 Å². The zero-order valence-corrected chi connectivity index (χ0v) is 21.1. The highest BCUT2D eigenvalue weighted by molar-refractivity contribution is 7.17. The van der Waals surface area contributed by atoms with Crippen LogP contribution in [0.4, 0.5) is 9.52 Å². The van der Waals surface area contributed by atoms with E-state index in [1.807, 2.05) is 19.1 Å². The second-order valence-electron chi connectivity index (χ2n) is 8.55. The lowest BCUT2D eigenvalue weighted by Crippen LogP contribution is -2.29. The number of halogens is 1. The van der Waals surface area contributed by atoms with Crippen LogP contribution in [0.15, 0.2) is 48.2 Å². The number of aliphatic hydroxyl groups is 1. The Labute approximate surface area is 214 Å². The topological polar surface area (TPSA) is 114 Å². The molecule has 1 saturated heterocycles. The number of rotatable bonds is 4. The molecule has 1 aliphatic heterocycles. The van der Waals surface area contributed by atoms with E-state index in [9.17, 15) is 23.9 Å². The summed E-state index contributed by atoms with van der Waals surface area (Å²) in [5.74, 6) is -3.50. The molecule has 0 aliphatic carbocycles. The van der Waals surface area contributed by atoms with E-state index in [-0.39, 0.29) is 21.3 Å². The first-order valence-electron chi connectivity index (χ1n) is 11.2. The molecule has 1 fully saturated rings. The summed E-state index contributed by atoms with van der Waals surface area (Å²) >= 11 is 0.884. The van der Waals surface area contributed by atoms with Crippen molar-refractivity contribution in [2.45, 2.75) is 26.8 Å². The van der Waals surface area contributed by atoms with E-state index in [1.54, 1.807) is 24.4 Å². The van der Waals surface area contributed by atoms with Gasteiger partial charge in [0.2, 0.25) is 0 Å². The molecule has 0 bridgehead atoms. The second kappa shape index (κ2) is 8.93. The molecule has 1 atom stereocenters. The summed E-state index contributed by atoms with van der Waals surface area (Å²) in [5, 5.41) is 11.5. The van der Waals surface area contributed by atoms with Crippen molar-refractivity contribution in [1.82, 2.24) is 14.4 Å². The molecule has 0 spiro atoms. The van der Waals surface area contributed by atoms with Crippen LogP contribution < -0.4 is 4.90 Å². The molecule has 188 valence electrons. The van der Waals surface area contributed by atoms with Gasteiger partial charge in [0, 0.05) is 6.20 Å². The first-order valence-corrected chi connectivity index (χ1v) is 12.0. The molecule has 1 amide bonds. The third kappa shape index (κ3) is 3.78. The molecule has 3 aromatic heterocycles. The molecule has 4 aromatic rings. The van der Waals surface area contributed by atoms with Crippen LogP contribution >= 0.6 is 11.3 Å². The first kappa shape index (κ1) is 24.3. The average Bonchev–Trinajstić information content (AvgIpc) is 3.51. The highest BCUT2D eigenvalue weighted by atomic mass is 32.1. The van der Waals surface area contributed by atoms with Crippen LogP contribution in [-0.4, -0.2) is 44.2 Å². The molecule has 37 heavy (non-hydrogen) atoms. The maximum atomic E-state index is 13.8. The molecule has 1 aromatic carbocycles. The number of carbonyl (C=O) groups excluding carboxylic acids is 3. The van der Waals surface area contributed by atoms with Crippen LogP contribution in [0.25, 0.3) is 11.4 Å². The molecular weight excluding hydrogens is 499 g/mol. The lowest BCUT2D eigenvalue weighted by Gasteiger charge is -2.22. The number of pyridine rings is 1. The number of benzene rings is 1. The number of amides is 1. The van der Waals surface area contributed by atoms with Crippen molar-refractivity contribution in [3.05, 3.63) is 87.1 Å². The molecule has 4 heterocycles. The molecule has 9 nitrogen and oxygen atoms in total. The molecule has 1 unspecified atom stereocenters. The van der Waals surface area contributed by atoms with Crippen LogP contribution in [0.2, 0.25) is 0 Å². The van der Waals surface area contributed by atoms with Crippen molar-refractivity contribution in [2.75, 3.05) is 12.0 Å². The number of aromatic nitrogens is 3. The fourth-order valence-electron chi connectivity index (χ4n) is 4.43. The molecule has 1 aliphatic rings. The number of nitrogens with zero attached hydrogens (tertiary/aromatic N) is 4. The van der Waals surface area contributed by atoms with Crippen LogP contribution in [0.3, 0.4) is 0 Å². The van der Waals surface area contributed by atoms with Gasteiger partial charge in [-0.05, 0) is 50.1 Å². The maximum absolute atomic E-state index is 13.8. The number of aryl methyl sites for hydroxylation is 3. The largest absolute Gasteiger partial charge is 0.505 e. The van der Waals surface area contributed by atoms with Gasteiger partial charge in [-0.15, -0.1) is 0 Å². The lowest BCUT2D eigenvalue weighted by atomic mass is 9.96. The number of carbonyl (C=O) groups is 3. The number of hydrogen-bond donors (Lipinski definition) is 1. The van der Waals surface area contributed by atoms with Gasteiger partial charge in [-0.3, -0.25) is 14.5 Å². The second-order valence-corrected chi connectivity index (χ2v) is 9.53. The normalized spacial score (nSPS) is 17.1. The Morgan fingerprint density at radius 1 is 1.11 bits per heavy atom. The van der Waals surface area contributed by atoms with Gasteiger partial charge in [-0.2, -0.15) is 0 Å². The lowest BCUT2D eigenvalue weighted by molar-refractivity contribution is -0.132. The van der Waals surface area contributed by atoms with Gasteiger partial charge in [-0.1, -0.05) is 29.5 Å². The van der Waals surface area contributed by atoms with Crippen molar-refractivity contribution in [3.8, 4) is 0 Å². The number of aliphatic hydroxyl groups excluding tert-OH is 1. The first-order chi connectivity index (χ1) is 17.6. The molecule has 11 heteroatoms. The predicted octanol–water partition coefficient (Wildman–Crippen LogP) is 4.27. The number of thiazole rings is 1. The van der Waals surface area contributed by atoms with E-state index >= 15 is 0 Å². The fraction of sp³-hybridized carbons (Fsp3) is 0.192. The third-order valence-electron chi connectivity index (χ3n) is 6.30. The standard InChI is InChI=1S/C26H21FN4O5S/c1-12-6-5-11-30-14(3)18(29-23(12)30)20(32)17-19(15-7-9-16(27)10-8-15)31(24(34)21(17)33)26-28-13(2)22(37-26)25(35)36-4/h5-11,19,32H,1-4H3/b20-17+. The highest BCUT2D eigenvalue weighted by Gasteiger charge is 2.49. The summed E-state index contributed by atoms with van der Waals surface area (Å²) in [6, 6.07) is 7.81. The number of Topliss-reactive ketones (excluding diaryl/α,β-unsaturated/α-hetero) is 1. The van der Waals surface area contributed by atoms with Crippen LogP contribution in [0, 0.1) is 26.6 Å². The Morgan fingerprint density at radius 3 is 2.46 bits per heavy atom. The Hall–Kier alpha value is -4.38. The van der Waals surface area contributed by atoms with E-state index < -0.39 is 35.3 Å². The zero-order valence-electron chi connectivity index (χ0n) is 20.3. The third-order valence-corrected chi connectivity index (χ3v) is 7.44. The summed E-state index contributed by atoms with van der Waals surface area (Å²) in [6.45, 7) is 5.19. The van der Waals surface area contributed by atoms with E-state index in [1.165, 1.54) is 31.4 Å². The van der Waals surface area contributed by atoms with E-state index in [2.05, 4.69) is 9.97 Å². The quantitative estimate of drug-likeness (QED) is 0.185. The summed E-state index contributed by atoms with van der Waals surface area (Å²) in [5.41, 5.74) is 2.63. The smallest absolute Gasteiger partial charge is 0.350 e. The Morgan fingerprint density at radius 2 is 1.81 bits per heavy atom. The number of ether oxygens (including phenoxy) is 1. The van der Waals surface area contributed by atoms with Crippen molar-refractivity contribution < 1.29 is 28.6 Å². The van der Waals surface area contributed by atoms with Crippen LogP contribution in [-0.2, 0) is 14.3 Å². The fourth-order valence-corrected chi connectivity index (χ4v) is 5.44. The monoisotopic (exact) mass is 520 g/mol. The van der Waals surface area contributed by atoms with Crippen molar-refractivity contribution in [1.29, 1.82) is 0 Å². The van der Waals surface area contributed by atoms with Gasteiger partial charge in [0.1, 0.15) is 22.0 Å². The molecule has 5 rings (SSSR count). The van der Waals surface area contributed by atoms with Crippen LogP contribution in [0.1, 0.15) is 43.9 Å². The zero-order chi connectivity index (χ0) is 26.6. The van der Waals surface area contributed by atoms with Gasteiger partial charge in [0.25, 0.3) is 5.78 Å². The number of esters is 1. The summed E-state index contributed by atoms with van der Waals surface area (Å²) in [6.07, 6.45) is 1.78. The molecule has 1 N–H and O–H groups in total. The van der Waals surface area contributed by atoms with E-state index in [0.29, 0.717) is 22.6 Å². The van der Waals surface area contributed by atoms with Crippen LogP contribution in [0.5, 0.6) is 0 Å². The minimum absolute atomic E-state index is 0.0657. The number of imidazole rings is 1. The molecule has 0 radical (unpaired) electrons. The minimum Gasteiger partial charge on any atom is -0.505 e. The van der Waals surface area contributed by atoms with Crippen molar-refractivity contribution in [3.63, 3.8) is 0 Å². The van der Waals surface area contributed by atoms with E-state index in [0.717, 1.165) is 21.8 Å². The van der Waals surface area contributed by atoms with Crippen molar-refractivity contribution in [2.24, 2.45) is 0 Å². The Kier molecular flexibility index (Phi) is 5.87. The number of fused-ring (bicyclic) bond motifs is 1. The predicted molar refractivity (Wildman–Crippen MR) is 134 cm³/mol. The van der Waals surface area contributed by atoms with Gasteiger partial charge < -0.3 is 14.2 Å². The van der Waals surface area contributed by atoms with Gasteiger partial charge in [0.15, 0.2) is 10.9 Å². The van der Waals surface area contributed by atoms with Gasteiger partial charge in [-0.25, -0.2) is 19.2 Å². The molecule has 0 saturated carbocycles. The average molecular weight is 521 g/mol. The number of ketones is 1. The summed E-state index contributed by atoms with van der Waals surface area (Å²) in [4.78, 5) is 49.1. The Balaban J connectivity index is 1.75. The summed E-state index contributed by atoms with van der Waals surface area (Å²) in [7, 11) is 1.23. The SMILES string of the molecule is COC(=O)c1sc(N2C(=O)C(=O)/C(=C(/O)c3nc4c(C)cccn4c3C)C2c2ccc(F)cc2)nc1C. The number of anilines is 1.